The topological polar surface area (TPSA) is 12.4 Å². The number of halogens is 1. The van der Waals surface area contributed by atoms with E-state index in [1.807, 2.05) is 12.2 Å². The van der Waals surface area contributed by atoms with Gasteiger partial charge in [0.25, 0.3) is 0 Å². The molecule has 0 saturated heterocycles. The third-order valence-corrected chi connectivity index (χ3v) is 6.71. The minimum atomic E-state index is -0.251. The maximum atomic E-state index is 12.6. The molecule has 0 fully saturated rings. The van der Waals surface area contributed by atoms with Gasteiger partial charge in [0.05, 0.1) is 13.2 Å². The predicted molar refractivity (Wildman–Crippen MR) is 158 cm³/mol. The van der Waals surface area contributed by atoms with Crippen molar-refractivity contribution in [1.82, 2.24) is 0 Å². The van der Waals surface area contributed by atoms with Gasteiger partial charge in [0.15, 0.2) is 0 Å². The summed E-state index contributed by atoms with van der Waals surface area (Å²) in [6.07, 6.45) is 17.9. The zero-order chi connectivity index (χ0) is 26.9. The Bertz CT molecular complexity index is 820. The van der Waals surface area contributed by atoms with Gasteiger partial charge < -0.3 is 0 Å². The second-order valence-electron chi connectivity index (χ2n) is 9.94. The highest BCUT2D eigenvalue weighted by Crippen LogP contribution is 2.44. The highest BCUT2D eigenvalue weighted by atomic mass is 19.1. The number of alkyl halides is 1. The fraction of sp³-hybridized carbons (Fsp3) is 0.545. The van der Waals surface area contributed by atoms with E-state index < -0.39 is 0 Å². The van der Waals surface area contributed by atoms with Crippen LogP contribution in [0.4, 0.5) is 4.39 Å². The highest BCUT2D eigenvalue weighted by Gasteiger charge is 2.31. The predicted octanol–water partition coefficient (Wildman–Crippen LogP) is 10.5. The molecule has 0 amide bonds. The lowest BCUT2D eigenvalue weighted by Gasteiger charge is -2.37. The van der Waals surface area contributed by atoms with Gasteiger partial charge in [-0.3, -0.25) is 9.38 Å². The van der Waals surface area contributed by atoms with Crippen molar-refractivity contribution in [1.29, 1.82) is 0 Å². The number of nitrogens with zero attached hydrogens (tertiary/aromatic N) is 1. The molecule has 2 heteroatoms. The van der Waals surface area contributed by atoms with Gasteiger partial charge in [0.2, 0.25) is 0 Å². The van der Waals surface area contributed by atoms with Crippen LogP contribution in [0.25, 0.3) is 0 Å². The molecule has 0 aromatic rings. The maximum absolute atomic E-state index is 12.6. The molecule has 1 nitrogen and oxygen atoms in total. The van der Waals surface area contributed by atoms with Gasteiger partial charge in [-0.25, -0.2) is 0 Å². The Morgan fingerprint density at radius 2 is 1.71 bits per heavy atom. The Morgan fingerprint density at radius 3 is 2.23 bits per heavy atom. The van der Waals surface area contributed by atoms with E-state index in [9.17, 15) is 4.39 Å². The van der Waals surface area contributed by atoms with Crippen molar-refractivity contribution in [3.8, 4) is 0 Å². The van der Waals surface area contributed by atoms with Crippen molar-refractivity contribution in [2.24, 2.45) is 16.3 Å². The van der Waals surface area contributed by atoms with Crippen LogP contribution >= 0.6 is 0 Å². The van der Waals surface area contributed by atoms with E-state index in [2.05, 4.69) is 86.1 Å². The lowest BCUT2D eigenvalue weighted by Crippen LogP contribution is -2.24. The van der Waals surface area contributed by atoms with Crippen molar-refractivity contribution >= 4 is 5.71 Å². The molecule has 0 aliphatic rings. The fourth-order valence-electron chi connectivity index (χ4n) is 4.81. The quantitative estimate of drug-likeness (QED) is 0.0753. The van der Waals surface area contributed by atoms with Gasteiger partial charge in [0.1, 0.15) is 0 Å². The maximum Gasteiger partial charge on any atom is 0.0897 e. The fourth-order valence-corrected chi connectivity index (χ4v) is 4.81. The average Bonchev–Trinajstić information content (AvgIpc) is 2.81. The SMILES string of the molecule is C=CC/C=C(C(=C)C)\C(=C/C(C)CC(=C)C(CC)(CCC)C/C(C)=C\CCCF)C(C)=NCC=C. The number of aliphatic imine (C=N–C) groups is 1. The second-order valence-corrected chi connectivity index (χ2v) is 9.94. The van der Waals surface area contributed by atoms with E-state index in [4.69, 9.17) is 4.99 Å². The summed E-state index contributed by atoms with van der Waals surface area (Å²) in [6.45, 7) is 30.0. The third kappa shape index (κ3) is 11.8. The van der Waals surface area contributed by atoms with Gasteiger partial charge in [-0.1, -0.05) is 87.4 Å². The van der Waals surface area contributed by atoms with E-state index >= 15 is 0 Å². The minimum Gasteiger partial charge on any atom is -0.285 e. The number of allylic oxidation sites excluding steroid dienone is 9. The molecule has 0 bridgehead atoms. The lowest BCUT2D eigenvalue weighted by molar-refractivity contribution is 0.292. The Balaban J connectivity index is 6.13. The minimum absolute atomic E-state index is 0.0785. The first-order chi connectivity index (χ1) is 16.6. The van der Waals surface area contributed by atoms with Crippen LogP contribution in [0.5, 0.6) is 0 Å². The summed E-state index contributed by atoms with van der Waals surface area (Å²) in [5, 5.41) is 0. The van der Waals surface area contributed by atoms with Crippen LogP contribution in [0.15, 0.2) is 89.6 Å². The summed E-state index contributed by atoms with van der Waals surface area (Å²) in [4.78, 5) is 4.72. The Hall–Kier alpha value is -2.22. The number of hydrogen-bond acceptors (Lipinski definition) is 1. The van der Waals surface area contributed by atoms with Crippen LogP contribution < -0.4 is 0 Å². The van der Waals surface area contributed by atoms with Crippen LogP contribution in [0, 0.1) is 11.3 Å². The summed E-state index contributed by atoms with van der Waals surface area (Å²) in [5.41, 5.74) is 7.05. The van der Waals surface area contributed by atoms with Crippen LogP contribution in [-0.2, 0) is 0 Å². The van der Waals surface area contributed by atoms with E-state index in [1.165, 1.54) is 11.1 Å². The second kappa shape index (κ2) is 18.1. The molecule has 0 aromatic carbocycles. The molecule has 0 saturated carbocycles. The molecule has 0 spiro atoms. The zero-order valence-electron chi connectivity index (χ0n) is 23.7. The van der Waals surface area contributed by atoms with Crippen molar-refractivity contribution in [2.45, 2.75) is 92.9 Å². The van der Waals surface area contributed by atoms with Crippen LogP contribution in [0.1, 0.15) is 92.9 Å². The summed E-state index contributed by atoms with van der Waals surface area (Å²) < 4.78 is 12.6. The van der Waals surface area contributed by atoms with E-state index in [1.54, 1.807) is 0 Å². The van der Waals surface area contributed by atoms with Gasteiger partial charge >= 0.3 is 0 Å². The molecule has 0 radical (unpaired) electrons. The Labute approximate surface area is 217 Å². The summed E-state index contributed by atoms with van der Waals surface area (Å²) in [6, 6.07) is 0. The smallest absolute Gasteiger partial charge is 0.0897 e. The van der Waals surface area contributed by atoms with Crippen LogP contribution in [-0.4, -0.2) is 18.9 Å². The Kier molecular flexibility index (Phi) is 17.0. The molecular weight excluding hydrogens is 429 g/mol. The van der Waals surface area contributed by atoms with Gasteiger partial charge in [-0.15, -0.1) is 13.2 Å². The lowest BCUT2D eigenvalue weighted by atomic mass is 9.68. The normalized spacial score (nSPS) is 16.0. The van der Waals surface area contributed by atoms with Crippen molar-refractivity contribution in [3.63, 3.8) is 0 Å². The van der Waals surface area contributed by atoms with Crippen molar-refractivity contribution in [2.75, 3.05) is 13.2 Å². The number of unbranched alkanes of at least 4 members (excludes halogenated alkanes) is 1. The van der Waals surface area contributed by atoms with Gasteiger partial charge in [0, 0.05) is 5.71 Å². The monoisotopic (exact) mass is 481 g/mol. The first kappa shape index (κ1) is 32.8. The summed E-state index contributed by atoms with van der Waals surface area (Å²) in [7, 11) is 0. The zero-order valence-corrected chi connectivity index (χ0v) is 23.7. The first-order valence-electron chi connectivity index (χ1n) is 13.3. The standard InChI is InChI=1S/C33H52FN/c1-11-15-19-31(26(5)6)32(30(10)35-22-13-3)24-28(8)23-29(9)33(14-4,20-12-2)25-27(7)18-16-17-21-34/h11,13,18-19,24,28H,1,3,5,9,12,14-17,20-23,25H2,2,4,6-8,10H3/b27-18-,31-19-,32-24-,35-30?. The molecule has 0 N–H and O–H groups in total. The number of rotatable bonds is 19. The molecule has 35 heavy (non-hydrogen) atoms. The molecule has 0 aliphatic heterocycles. The van der Waals surface area contributed by atoms with Crippen LogP contribution in [0.3, 0.4) is 0 Å². The number of hydrogen-bond donors (Lipinski definition) is 0. The first-order valence-corrected chi connectivity index (χ1v) is 13.3. The molecule has 0 aromatic heterocycles. The summed E-state index contributed by atoms with van der Waals surface area (Å²) in [5.74, 6) is 0.302. The van der Waals surface area contributed by atoms with E-state index in [0.717, 1.165) is 67.4 Å². The average molecular weight is 482 g/mol. The molecule has 0 rings (SSSR count). The van der Waals surface area contributed by atoms with E-state index in [-0.39, 0.29) is 12.1 Å². The van der Waals surface area contributed by atoms with Gasteiger partial charge in [-0.2, -0.15) is 0 Å². The highest BCUT2D eigenvalue weighted by molar-refractivity contribution is 6.03. The molecule has 2 atom stereocenters. The third-order valence-electron chi connectivity index (χ3n) is 6.71. The van der Waals surface area contributed by atoms with Crippen molar-refractivity contribution < 1.29 is 4.39 Å². The molecule has 0 heterocycles. The molecular formula is C33H52FN. The summed E-state index contributed by atoms with van der Waals surface area (Å²) >= 11 is 0. The van der Waals surface area contributed by atoms with Crippen LogP contribution in [0.2, 0.25) is 0 Å². The Morgan fingerprint density at radius 1 is 1.03 bits per heavy atom. The molecule has 2 unspecified atom stereocenters. The molecule has 196 valence electrons. The van der Waals surface area contributed by atoms with E-state index in [0.29, 0.717) is 18.9 Å². The van der Waals surface area contributed by atoms with Crippen molar-refractivity contribution in [3.05, 3.63) is 84.6 Å². The van der Waals surface area contributed by atoms with Gasteiger partial charge in [-0.05, 0) is 88.2 Å². The molecule has 0 aliphatic carbocycles. The largest absolute Gasteiger partial charge is 0.285 e.